The van der Waals surface area contributed by atoms with Crippen molar-refractivity contribution in [3.8, 4) is 0 Å². The Kier molecular flexibility index (Phi) is 7.19. The summed E-state index contributed by atoms with van der Waals surface area (Å²) >= 11 is 5.91. The zero-order valence-electron chi connectivity index (χ0n) is 12.3. The fourth-order valence-electron chi connectivity index (χ4n) is 1.85. The quantitative estimate of drug-likeness (QED) is 0.777. The third kappa shape index (κ3) is 6.14. The van der Waals surface area contributed by atoms with Crippen molar-refractivity contribution in [2.24, 2.45) is 5.73 Å². The van der Waals surface area contributed by atoms with Gasteiger partial charge in [-0.1, -0.05) is 23.7 Å². The van der Waals surface area contributed by atoms with Crippen LogP contribution in [0.4, 0.5) is 0 Å². The molecule has 6 heteroatoms. The van der Waals surface area contributed by atoms with Gasteiger partial charge in [0.1, 0.15) is 6.04 Å². The molecule has 0 aliphatic rings. The molecule has 1 aromatic rings. The highest BCUT2D eigenvalue weighted by Gasteiger charge is 2.17. The summed E-state index contributed by atoms with van der Waals surface area (Å²) in [5.41, 5.74) is 6.68. The summed E-state index contributed by atoms with van der Waals surface area (Å²) in [7, 11) is 3.01. The van der Waals surface area contributed by atoms with E-state index in [1.807, 2.05) is 24.3 Å². The highest BCUT2D eigenvalue weighted by molar-refractivity contribution is 6.30. The third-order valence-electron chi connectivity index (χ3n) is 3.22. The predicted octanol–water partition coefficient (Wildman–Crippen LogP) is 1.62. The van der Waals surface area contributed by atoms with Crippen molar-refractivity contribution in [2.75, 3.05) is 20.7 Å². The van der Waals surface area contributed by atoms with Crippen LogP contribution in [0.2, 0.25) is 5.02 Å². The Morgan fingerprint density at radius 2 is 2.14 bits per heavy atom. The van der Waals surface area contributed by atoms with Crippen LogP contribution in [0, 0.1) is 0 Å². The van der Waals surface area contributed by atoms with Gasteiger partial charge in [-0.25, -0.2) is 0 Å². The lowest BCUT2D eigenvalue weighted by Crippen LogP contribution is -2.34. The Balaban J connectivity index is 2.36. The summed E-state index contributed by atoms with van der Waals surface area (Å²) in [4.78, 5) is 24.7. The largest absolute Gasteiger partial charge is 0.468 e. The summed E-state index contributed by atoms with van der Waals surface area (Å²) < 4.78 is 4.52. The molecule has 1 aromatic carbocycles. The first-order valence-electron chi connectivity index (χ1n) is 6.76. The van der Waals surface area contributed by atoms with Crippen LogP contribution in [0.3, 0.4) is 0 Å². The molecule has 0 spiro atoms. The average molecular weight is 313 g/mol. The number of nitrogens with two attached hydrogens (primary N) is 1. The number of rotatable bonds is 7. The van der Waals surface area contributed by atoms with Gasteiger partial charge in [0.15, 0.2) is 0 Å². The topological polar surface area (TPSA) is 72.6 Å². The van der Waals surface area contributed by atoms with Crippen molar-refractivity contribution >= 4 is 23.5 Å². The number of hydrogen-bond acceptors (Lipinski definition) is 4. The van der Waals surface area contributed by atoms with Gasteiger partial charge < -0.3 is 15.4 Å². The minimum absolute atomic E-state index is 0.0450. The molecule has 1 rings (SSSR count). The van der Waals surface area contributed by atoms with Gasteiger partial charge in [0.25, 0.3) is 0 Å². The standard InChI is InChI=1S/C15H21ClN2O3/c1-18(9-8-11-4-3-5-12(16)10-11)14(19)7-6-13(17)15(20)21-2/h3-5,10,13H,6-9,17H2,1-2H3. The maximum absolute atomic E-state index is 11.9. The molecule has 0 radical (unpaired) electrons. The Morgan fingerprint density at radius 3 is 2.76 bits per heavy atom. The number of amides is 1. The monoisotopic (exact) mass is 312 g/mol. The van der Waals surface area contributed by atoms with Crippen molar-refractivity contribution in [1.29, 1.82) is 0 Å². The van der Waals surface area contributed by atoms with E-state index in [2.05, 4.69) is 4.74 Å². The molecule has 0 aliphatic carbocycles. The molecule has 21 heavy (non-hydrogen) atoms. The molecule has 1 amide bonds. The van der Waals surface area contributed by atoms with Crippen molar-refractivity contribution in [3.05, 3.63) is 34.9 Å². The number of benzene rings is 1. The van der Waals surface area contributed by atoms with Gasteiger partial charge in [-0.3, -0.25) is 9.59 Å². The van der Waals surface area contributed by atoms with Crippen LogP contribution in [0.1, 0.15) is 18.4 Å². The number of halogens is 1. The summed E-state index contributed by atoms with van der Waals surface area (Å²) in [6.07, 6.45) is 1.24. The lowest BCUT2D eigenvalue weighted by molar-refractivity contribution is -0.142. The molecular weight excluding hydrogens is 292 g/mol. The van der Waals surface area contributed by atoms with Crippen LogP contribution in [0.15, 0.2) is 24.3 Å². The maximum Gasteiger partial charge on any atom is 0.322 e. The van der Waals surface area contributed by atoms with E-state index in [0.717, 1.165) is 12.0 Å². The van der Waals surface area contributed by atoms with Crippen LogP contribution in [0.25, 0.3) is 0 Å². The van der Waals surface area contributed by atoms with Gasteiger partial charge in [-0.2, -0.15) is 0 Å². The van der Waals surface area contributed by atoms with Gasteiger partial charge in [-0.05, 0) is 30.5 Å². The predicted molar refractivity (Wildman–Crippen MR) is 82.0 cm³/mol. The highest BCUT2D eigenvalue weighted by Crippen LogP contribution is 2.11. The van der Waals surface area contributed by atoms with Crippen LogP contribution >= 0.6 is 11.6 Å². The number of hydrogen-bond donors (Lipinski definition) is 1. The normalized spacial score (nSPS) is 11.8. The van der Waals surface area contributed by atoms with E-state index >= 15 is 0 Å². The van der Waals surface area contributed by atoms with Gasteiger partial charge >= 0.3 is 5.97 Å². The molecule has 116 valence electrons. The molecule has 2 N–H and O–H groups in total. The van der Waals surface area contributed by atoms with Crippen LogP contribution in [0.5, 0.6) is 0 Å². The van der Waals surface area contributed by atoms with Gasteiger partial charge in [0, 0.05) is 25.0 Å². The first-order valence-corrected chi connectivity index (χ1v) is 7.13. The first-order chi connectivity index (χ1) is 9.93. The Morgan fingerprint density at radius 1 is 1.43 bits per heavy atom. The Hall–Kier alpha value is -1.59. The molecule has 1 unspecified atom stereocenters. The second kappa shape index (κ2) is 8.64. The molecule has 0 fully saturated rings. The van der Waals surface area contributed by atoms with Crippen molar-refractivity contribution in [3.63, 3.8) is 0 Å². The molecule has 0 bridgehead atoms. The highest BCUT2D eigenvalue weighted by atomic mass is 35.5. The minimum atomic E-state index is -0.750. The van der Waals surface area contributed by atoms with Crippen LogP contribution in [-0.2, 0) is 20.7 Å². The zero-order valence-corrected chi connectivity index (χ0v) is 13.1. The number of ether oxygens (including phenoxy) is 1. The molecule has 5 nitrogen and oxygen atoms in total. The first kappa shape index (κ1) is 17.5. The minimum Gasteiger partial charge on any atom is -0.468 e. The van der Waals surface area contributed by atoms with Gasteiger partial charge in [0.05, 0.1) is 7.11 Å². The molecular formula is C15H21ClN2O3. The van der Waals surface area contributed by atoms with Crippen LogP contribution < -0.4 is 5.73 Å². The summed E-state index contributed by atoms with van der Waals surface area (Å²) in [5.74, 6) is -0.541. The summed E-state index contributed by atoms with van der Waals surface area (Å²) in [6, 6.07) is 6.80. The van der Waals surface area contributed by atoms with Gasteiger partial charge in [0.2, 0.25) is 5.91 Å². The van der Waals surface area contributed by atoms with E-state index in [1.54, 1.807) is 11.9 Å². The van der Waals surface area contributed by atoms with E-state index in [0.29, 0.717) is 11.6 Å². The molecule has 0 heterocycles. The average Bonchev–Trinajstić information content (AvgIpc) is 2.49. The molecule has 0 aliphatic heterocycles. The SMILES string of the molecule is COC(=O)C(N)CCC(=O)N(C)CCc1cccc(Cl)c1. The maximum atomic E-state index is 11.9. The summed E-state index contributed by atoms with van der Waals surface area (Å²) in [6.45, 7) is 0.590. The van der Waals surface area contributed by atoms with E-state index in [4.69, 9.17) is 17.3 Å². The van der Waals surface area contributed by atoms with Crippen molar-refractivity contribution in [1.82, 2.24) is 4.90 Å². The van der Waals surface area contributed by atoms with Crippen molar-refractivity contribution < 1.29 is 14.3 Å². The lowest BCUT2D eigenvalue weighted by atomic mass is 10.1. The summed E-state index contributed by atoms with van der Waals surface area (Å²) in [5, 5.41) is 0.686. The fraction of sp³-hybridized carbons (Fsp3) is 0.467. The van der Waals surface area contributed by atoms with Crippen molar-refractivity contribution in [2.45, 2.75) is 25.3 Å². The molecule has 0 aromatic heterocycles. The van der Waals surface area contributed by atoms with Crippen LogP contribution in [-0.4, -0.2) is 43.5 Å². The number of likely N-dealkylation sites (N-methyl/N-ethyl adjacent to an activating group) is 1. The van der Waals surface area contributed by atoms with E-state index in [9.17, 15) is 9.59 Å². The number of methoxy groups -OCH3 is 1. The fourth-order valence-corrected chi connectivity index (χ4v) is 2.07. The lowest BCUT2D eigenvalue weighted by Gasteiger charge is -2.18. The number of carbonyl (C=O) groups excluding carboxylic acids is 2. The smallest absolute Gasteiger partial charge is 0.322 e. The molecule has 1 atom stereocenters. The number of nitrogens with zero attached hydrogens (tertiary/aromatic N) is 1. The van der Waals surface area contributed by atoms with Gasteiger partial charge in [-0.15, -0.1) is 0 Å². The Labute approximate surface area is 130 Å². The van der Waals surface area contributed by atoms with E-state index < -0.39 is 12.0 Å². The zero-order chi connectivity index (χ0) is 15.8. The molecule has 0 saturated carbocycles. The Bertz CT molecular complexity index is 494. The number of esters is 1. The second-order valence-corrected chi connectivity index (χ2v) is 5.30. The third-order valence-corrected chi connectivity index (χ3v) is 3.46. The second-order valence-electron chi connectivity index (χ2n) is 4.86. The molecule has 0 saturated heterocycles. The van der Waals surface area contributed by atoms with E-state index in [-0.39, 0.29) is 18.7 Å². The van der Waals surface area contributed by atoms with E-state index in [1.165, 1.54) is 7.11 Å². The number of carbonyl (C=O) groups is 2.